The van der Waals surface area contributed by atoms with Gasteiger partial charge >= 0.3 is 0 Å². The van der Waals surface area contributed by atoms with Crippen molar-refractivity contribution in [1.29, 1.82) is 0 Å². The molecule has 1 fully saturated rings. The topological polar surface area (TPSA) is 29.5 Å². The van der Waals surface area contributed by atoms with Crippen molar-refractivity contribution in [3.63, 3.8) is 0 Å². The Morgan fingerprint density at radius 1 is 1.38 bits per heavy atom. The molecule has 0 bridgehead atoms. The largest absolute Gasteiger partial charge is 0.486 e. The van der Waals surface area contributed by atoms with Gasteiger partial charge in [-0.1, -0.05) is 19.9 Å². The highest BCUT2D eigenvalue weighted by molar-refractivity contribution is 5.26. The molecule has 4 heteroatoms. The van der Waals surface area contributed by atoms with Crippen LogP contribution in [0.4, 0.5) is 8.78 Å². The van der Waals surface area contributed by atoms with Crippen molar-refractivity contribution >= 4 is 0 Å². The van der Waals surface area contributed by atoms with Gasteiger partial charge in [-0.2, -0.15) is 4.39 Å². The molecular formula is C12H14F2O2. The van der Waals surface area contributed by atoms with Crippen LogP contribution < -0.4 is 4.74 Å². The second-order valence-corrected chi connectivity index (χ2v) is 4.73. The molecule has 2 nitrogen and oxygen atoms in total. The number of rotatable bonds is 2. The van der Waals surface area contributed by atoms with E-state index in [1.165, 1.54) is 12.1 Å². The molecule has 0 aromatic heterocycles. The molecule has 1 aromatic carbocycles. The van der Waals surface area contributed by atoms with Gasteiger partial charge in [-0.3, -0.25) is 0 Å². The molecule has 0 saturated heterocycles. The molecule has 1 saturated carbocycles. The van der Waals surface area contributed by atoms with E-state index in [0.29, 0.717) is 6.42 Å². The third kappa shape index (κ3) is 1.67. The van der Waals surface area contributed by atoms with Crippen molar-refractivity contribution in [2.24, 2.45) is 5.41 Å². The van der Waals surface area contributed by atoms with Gasteiger partial charge in [-0.15, -0.1) is 0 Å². The zero-order chi connectivity index (χ0) is 11.9. The van der Waals surface area contributed by atoms with E-state index < -0.39 is 23.2 Å². The monoisotopic (exact) mass is 228 g/mol. The van der Waals surface area contributed by atoms with Crippen LogP contribution >= 0.6 is 0 Å². The normalized spacial score (nSPS) is 27.3. The summed E-state index contributed by atoms with van der Waals surface area (Å²) in [6.45, 7) is 3.67. The second-order valence-electron chi connectivity index (χ2n) is 4.73. The summed E-state index contributed by atoms with van der Waals surface area (Å²) in [6.07, 6.45) is -0.281. The highest BCUT2D eigenvalue weighted by Crippen LogP contribution is 2.43. The SMILES string of the molecule is CC1(C)C(O)CC1Oc1cccc(F)c1F. The van der Waals surface area contributed by atoms with Crippen LogP contribution in [-0.2, 0) is 0 Å². The predicted molar refractivity (Wildman–Crippen MR) is 55.2 cm³/mol. The Bertz CT molecular complexity index is 404. The molecule has 0 radical (unpaired) electrons. The molecule has 0 heterocycles. The highest BCUT2D eigenvalue weighted by Gasteiger charge is 2.49. The van der Waals surface area contributed by atoms with Crippen molar-refractivity contribution in [2.45, 2.75) is 32.5 Å². The standard InChI is InChI=1S/C12H14F2O2/c1-12(2)9(15)6-10(12)16-8-5-3-4-7(13)11(8)14/h3-5,9-10,15H,6H2,1-2H3. The second kappa shape index (κ2) is 3.70. The van der Waals surface area contributed by atoms with Crippen LogP contribution in [-0.4, -0.2) is 17.3 Å². The summed E-state index contributed by atoms with van der Waals surface area (Å²) in [5.41, 5.74) is -0.418. The van der Waals surface area contributed by atoms with E-state index in [9.17, 15) is 13.9 Å². The zero-order valence-electron chi connectivity index (χ0n) is 9.21. The Balaban J connectivity index is 2.14. The lowest BCUT2D eigenvalue weighted by molar-refractivity contribution is -0.135. The lowest BCUT2D eigenvalue weighted by Gasteiger charge is -2.48. The van der Waals surface area contributed by atoms with Crippen LogP contribution in [0, 0.1) is 17.0 Å². The van der Waals surface area contributed by atoms with Crippen LogP contribution in [0.25, 0.3) is 0 Å². The van der Waals surface area contributed by atoms with Crippen molar-refractivity contribution in [3.8, 4) is 5.75 Å². The van der Waals surface area contributed by atoms with E-state index >= 15 is 0 Å². The maximum absolute atomic E-state index is 13.3. The van der Waals surface area contributed by atoms with Crippen molar-refractivity contribution < 1.29 is 18.6 Å². The van der Waals surface area contributed by atoms with Gasteiger partial charge in [0.15, 0.2) is 11.6 Å². The Morgan fingerprint density at radius 3 is 2.62 bits per heavy atom. The molecule has 1 N–H and O–H groups in total. The molecule has 16 heavy (non-hydrogen) atoms. The molecule has 1 aromatic rings. The molecule has 88 valence electrons. The number of halogens is 2. The molecule has 0 amide bonds. The average molecular weight is 228 g/mol. The number of benzene rings is 1. The third-order valence-corrected chi connectivity index (χ3v) is 3.31. The quantitative estimate of drug-likeness (QED) is 0.842. The Hall–Kier alpha value is -1.16. The fraction of sp³-hybridized carbons (Fsp3) is 0.500. The molecule has 1 aliphatic rings. The summed E-state index contributed by atoms with van der Waals surface area (Å²) in [5, 5.41) is 9.50. The van der Waals surface area contributed by atoms with Gasteiger partial charge in [-0.05, 0) is 12.1 Å². The Kier molecular flexibility index (Phi) is 2.62. The minimum Gasteiger partial charge on any atom is -0.486 e. The van der Waals surface area contributed by atoms with Gasteiger partial charge in [-0.25, -0.2) is 4.39 Å². The summed E-state index contributed by atoms with van der Waals surface area (Å²) in [7, 11) is 0. The van der Waals surface area contributed by atoms with Crippen LogP contribution in [0.5, 0.6) is 5.75 Å². The van der Waals surface area contributed by atoms with Crippen LogP contribution in [0.15, 0.2) is 18.2 Å². The smallest absolute Gasteiger partial charge is 0.200 e. The van der Waals surface area contributed by atoms with Crippen LogP contribution in [0.3, 0.4) is 0 Å². The van der Waals surface area contributed by atoms with Gasteiger partial charge < -0.3 is 9.84 Å². The van der Waals surface area contributed by atoms with Crippen molar-refractivity contribution in [1.82, 2.24) is 0 Å². The van der Waals surface area contributed by atoms with E-state index in [-0.39, 0.29) is 11.9 Å². The molecule has 2 unspecified atom stereocenters. The third-order valence-electron chi connectivity index (χ3n) is 3.31. The summed E-state index contributed by atoms with van der Waals surface area (Å²) < 4.78 is 31.6. The number of hydrogen-bond donors (Lipinski definition) is 1. The first-order chi connectivity index (χ1) is 7.43. The van der Waals surface area contributed by atoms with E-state index in [1.54, 1.807) is 0 Å². The van der Waals surface area contributed by atoms with Crippen molar-refractivity contribution in [2.75, 3.05) is 0 Å². The number of hydrogen-bond acceptors (Lipinski definition) is 2. The zero-order valence-corrected chi connectivity index (χ0v) is 9.21. The predicted octanol–water partition coefficient (Wildman–Crippen LogP) is 2.50. The molecule has 2 atom stereocenters. The number of aliphatic hydroxyl groups is 1. The van der Waals surface area contributed by atoms with Crippen LogP contribution in [0.2, 0.25) is 0 Å². The fourth-order valence-corrected chi connectivity index (χ4v) is 1.79. The van der Waals surface area contributed by atoms with E-state index in [1.807, 2.05) is 13.8 Å². The fourth-order valence-electron chi connectivity index (χ4n) is 1.79. The lowest BCUT2D eigenvalue weighted by atomic mass is 9.66. The van der Waals surface area contributed by atoms with E-state index in [4.69, 9.17) is 4.74 Å². The summed E-state index contributed by atoms with van der Waals surface area (Å²) in [4.78, 5) is 0. The summed E-state index contributed by atoms with van der Waals surface area (Å²) in [6, 6.07) is 3.83. The van der Waals surface area contributed by atoms with Gasteiger partial charge in [0, 0.05) is 11.8 Å². The summed E-state index contributed by atoms with van der Waals surface area (Å²) >= 11 is 0. The Labute approximate surface area is 92.9 Å². The molecule has 0 aliphatic heterocycles. The molecule has 1 aliphatic carbocycles. The lowest BCUT2D eigenvalue weighted by Crippen LogP contribution is -2.56. The van der Waals surface area contributed by atoms with Gasteiger partial charge in [0.1, 0.15) is 6.10 Å². The van der Waals surface area contributed by atoms with Crippen molar-refractivity contribution in [3.05, 3.63) is 29.8 Å². The average Bonchev–Trinajstić information content (AvgIpc) is 2.24. The maximum Gasteiger partial charge on any atom is 0.200 e. The first-order valence-corrected chi connectivity index (χ1v) is 5.21. The van der Waals surface area contributed by atoms with E-state index in [2.05, 4.69) is 0 Å². The number of aliphatic hydroxyl groups excluding tert-OH is 1. The van der Waals surface area contributed by atoms with Gasteiger partial charge in [0.05, 0.1) is 6.10 Å². The molecule has 2 rings (SSSR count). The Morgan fingerprint density at radius 2 is 2.06 bits per heavy atom. The van der Waals surface area contributed by atoms with Gasteiger partial charge in [0.2, 0.25) is 5.82 Å². The molecule has 0 spiro atoms. The summed E-state index contributed by atoms with van der Waals surface area (Å²) in [5.74, 6) is -1.99. The highest BCUT2D eigenvalue weighted by atomic mass is 19.2. The minimum atomic E-state index is -0.973. The van der Waals surface area contributed by atoms with E-state index in [0.717, 1.165) is 6.07 Å². The van der Waals surface area contributed by atoms with Crippen LogP contribution in [0.1, 0.15) is 20.3 Å². The molecular weight excluding hydrogens is 214 g/mol. The first-order valence-electron chi connectivity index (χ1n) is 5.21. The maximum atomic E-state index is 13.3. The first kappa shape index (κ1) is 11.3. The van der Waals surface area contributed by atoms with Gasteiger partial charge in [0.25, 0.3) is 0 Å². The minimum absolute atomic E-state index is 0.0926. The number of ether oxygens (including phenoxy) is 1.